The zero-order chi connectivity index (χ0) is 12.3. The number of rotatable bonds is 4. The van der Waals surface area contributed by atoms with Crippen LogP contribution in [0.25, 0.3) is 10.9 Å². The van der Waals surface area contributed by atoms with E-state index in [1.54, 1.807) is 0 Å². The van der Waals surface area contributed by atoms with E-state index in [0.717, 1.165) is 28.8 Å². The zero-order valence-corrected chi connectivity index (χ0v) is 10.3. The molecule has 0 aliphatic rings. The first kappa shape index (κ1) is 11.9. The van der Waals surface area contributed by atoms with Crippen LogP contribution >= 0.6 is 0 Å². The smallest absolute Gasteiger partial charge is 0.127 e. The Morgan fingerprint density at radius 2 is 2.06 bits per heavy atom. The van der Waals surface area contributed by atoms with Crippen molar-refractivity contribution >= 4 is 16.7 Å². The molecule has 1 aromatic carbocycles. The van der Waals surface area contributed by atoms with Gasteiger partial charge in [-0.1, -0.05) is 32.0 Å². The number of hydrogen-bond donors (Lipinski definition) is 2. The summed E-state index contributed by atoms with van der Waals surface area (Å²) < 4.78 is 0. The standard InChI is InChI=1S/C14H18N2O/c1-10(2)8-15-14-7-11(9-17)12-5-3-4-6-13(12)16-14/h3-7,10,17H,8-9H2,1-2H3,(H,15,16). The molecule has 0 saturated heterocycles. The minimum Gasteiger partial charge on any atom is -0.392 e. The first-order chi connectivity index (χ1) is 8.20. The van der Waals surface area contributed by atoms with Gasteiger partial charge in [-0.3, -0.25) is 0 Å². The van der Waals surface area contributed by atoms with Gasteiger partial charge in [0.1, 0.15) is 5.82 Å². The molecule has 0 bridgehead atoms. The fourth-order valence-electron chi connectivity index (χ4n) is 1.78. The van der Waals surface area contributed by atoms with Crippen LogP contribution in [0, 0.1) is 5.92 Å². The topological polar surface area (TPSA) is 45.1 Å². The Balaban J connectivity index is 2.38. The Labute approximate surface area is 102 Å². The van der Waals surface area contributed by atoms with Gasteiger partial charge in [0.05, 0.1) is 12.1 Å². The van der Waals surface area contributed by atoms with Crippen molar-refractivity contribution in [3.05, 3.63) is 35.9 Å². The van der Waals surface area contributed by atoms with E-state index in [9.17, 15) is 5.11 Å². The number of pyridine rings is 1. The van der Waals surface area contributed by atoms with Crippen molar-refractivity contribution in [2.45, 2.75) is 20.5 Å². The van der Waals surface area contributed by atoms with E-state index in [0.29, 0.717) is 5.92 Å². The molecule has 90 valence electrons. The quantitative estimate of drug-likeness (QED) is 0.849. The number of hydrogen-bond acceptors (Lipinski definition) is 3. The molecule has 0 aliphatic heterocycles. The normalized spacial score (nSPS) is 11.1. The summed E-state index contributed by atoms with van der Waals surface area (Å²) in [4.78, 5) is 4.53. The molecule has 0 unspecified atom stereocenters. The molecule has 0 aliphatic carbocycles. The number of fused-ring (bicyclic) bond motifs is 1. The second-order valence-corrected chi connectivity index (χ2v) is 4.62. The first-order valence-corrected chi connectivity index (χ1v) is 5.94. The summed E-state index contributed by atoms with van der Waals surface area (Å²) in [6.07, 6.45) is 0. The third kappa shape index (κ3) is 2.74. The van der Waals surface area contributed by atoms with E-state index in [1.165, 1.54) is 0 Å². The van der Waals surface area contributed by atoms with Crippen molar-refractivity contribution in [2.24, 2.45) is 5.92 Å². The van der Waals surface area contributed by atoms with Crippen LogP contribution in [-0.2, 0) is 6.61 Å². The zero-order valence-electron chi connectivity index (χ0n) is 10.3. The second kappa shape index (κ2) is 5.15. The predicted octanol–water partition coefficient (Wildman–Crippen LogP) is 2.80. The molecule has 2 N–H and O–H groups in total. The highest BCUT2D eigenvalue weighted by molar-refractivity contribution is 5.83. The number of anilines is 1. The highest BCUT2D eigenvalue weighted by atomic mass is 16.3. The molecule has 0 amide bonds. The summed E-state index contributed by atoms with van der Waals surface area (Å²) in [7, 11) is 0. The number of aromatic nitrogens is 1. The van der Waals surface area contributed by atoms with Crippen molar-refractivity contribution < 1.29 is 5.11 Å². The van der Waals surface area contributed by atoms with Crippen molar-refractivity contribution in [1.29, 1.82) is 0 Å². The van der Waals surface area contributed by atoms with Gasteiger partial charge in [0.2, 0.25) is 0 Å². The van der Waals surface area contributed by atoms with Gasteiger partial charge in [-0.05, 0) is 23.6 Å². The SMILES string of the molecule is CC(C)CNc1cc(CO)c2ccccc2n1. The summed E-state index contributed by atoms with van der Waals surface area (Å²) in [5, 5.41) is 13.7. The Kier molecular flexibility index (Phi) is 3.59. The average molecular weight is 230 g/mol. The Hall–Kier alpha value is -1.61. The van der Waals surface area contributed by atoms with Crippen LogP contribution in [0.1, 0.15) is 19.4 Å². The lowest BCUT2D eigenvalue weighted by Gasteiger charge is -2.11. The molecule has 3 nitrogen and oxygen atoms in total. The van der Waals surface area contributed by atoms with E-state index in [4.69, 9.17) is 0 Å². The maximum atomic E-state index is 9.38. The first-order valence-electron chi connectivity index (χ1n) is 5.94. The molecule has 0 spiro atoms. The van der Waals surface area contributed by atoms with Gasteiger partial charge in [-0.2, -0.15) is 0 Å². The van der Waals surface area contributed by atoms with Crippen LogP contribution in [0.5, 0.6) is 0 Å². The molecule has 0 atom stereocenters. The molecule has 2 rings (SSSR count). The number of nitrogens with one attached hydrogen (secondary N) is 1. The molecule has 1 aromatic heterocycles. The summed E-state index contributed by atoms with van der Waals surface area (Å²) >= 11 is 0. The lowest BCUT2D eigenvalue weighted by atomic mass is 10.1. The van der Waals surface area contributed by atoms with E-state index in [2.05, 4.69) is 24.1 Å². The number of benzene rings is 1. The van der Waals surface area contributed by atoms with Crippen LogP contribution in [0.4, 0.5) is 5.82 Å². The number of aliphatic hydroxyl groups excluding tert-OH is 1. The van der Waals surface area contributed by atoms with E-state index in [1.807, 2.05) is 30.3 Å². The van der Waals surface area contributed by atoms with Crippen molar-refractivity contribution in [3.8, 4) is 0 Å². The van der Waals surface area contributed by atoms with Gasteiger partial charge < -0.3 is 10.4 Å². The van der Waals surface area contributed by atoms with Crippen LogP contribution in [0.2, 0.25) is 0 Å². The fourth-order valence-corrected chi connectivity index (χ4v) is 1.78. The maximum absolute atomic E-state index is 9.38. The van der Waals surface area contributed by atoms with Crippen molar-refractivity contribution in [2.75, 3.05) is 11.9 Å². The van der Waals surface area contributed by atoms with Gasteiger partial charge in [0.15, 0.2) is 0 Å². The van der Waals surface area contributed by atoms with Gasteiger partial charge in [0, 0.05) is 11.9 Å². The predicted molar refractivity (Wildman–Crippen MR) is 71.0 cm³/mol. The van der Waals surface area contributed by atoms with Crippen LogP contribution in [0.3, 0.4) is 0 Å². The van der Waals surface area contributed by atoms with Crippen molar-refractivity contribution in [3.63, 3.8) is 0 Å². The molecule has 0 fully saturated rings. The molecule has 2 aromatic rings. The van der Waals surface area contributed by atoms with Gasteiger partial charge in [-0.15, -0.1) is 0 Å². The molecular formula is C14H18N2O. The number of nitrogens with zero attached hydrogens (tertiary/aromatic N) is 1. The molecule has 0 radical (unpaired) electrons. The minimum atomic E-state index is 0.0411. The third-order valence-corrected chi connectivity index (χ3v) is 2.66. The summed E-state index contributed by atoms with van der Waals surface area (Å²) in [6.45, 7) is 5.23. The molecule has 3 heteroatoms. The van der Waals surface area contributed by atoms with Gasteiger partial charge >= 0.3 is 0 Å². The monoisotopic (exact) mass is 230 g/mol. The van der Waals surface area contributed by atoms with Gasteiger partial charge in [0.25, 0.3) is 0 Å². The number of para-hydroxylation sites is 1. The van der Waals surface area contributed by atoms with E-state index in [-0.39, 0.29) is 6.61 Å². The Bertz CT molecular complexity index is 509. The van der Waals surface area contributed by atoms with Crippen LogP contribution < -0.4 is 5.32 Å². The summed E-state index contributed by atoms with van der Waals surface area (Å²) in [6, 6.07) is 9.80. The lowest BCUT2D eigenvalue weighted by molar-refractivity contribution is 0.283. The Morgan fingerprint density at radius 3 is 2.76 bits per heavy atom. The second-order valence-electron chi connectivity index (χ2n) is 4.62. The molecule has 1 heterocycles. The summed E-state index contributed by atoms with van der Waals surface area (Å²) in [5.74, 6) is 1.40. The lowest BCUT2D eigenvalue weighted by Crippen LogP contribution is -2.09. The van der Waals surface area contributed by atoms with Crippen LogP contribution in [-0.4, -0.2) is 16.6 Å². The highest BCUT2D eigenvalue weighted by Crippen LogP contribution is 2.20. The third-order valence-electron chi connectivity index (χ3n) is 2.66. The minimum absolute atomic E-state index is 0.0411. The number of aliphatic hydroxyl groups is 1. The average Bonchev–Trinajstić information content (AvgIpc) is 2.35. The highest BCUT2D eigenvalue weighted by Gasteiger charge is 2.04. The molecule has 17 heavy (non-hydrogen) atoms. The maximum Gasteiger partial charge on any atom is 0.127 e. The Morgan fingerprint density at radius 1 is 1.29 bits per heavy atom. The van der Waals surface area contributed by atoms with Crippen molar-refractivity contribution in [1.82, 2.24) is 4.98 Å². The largest absolute Gasteiger partial charge is 0.392 e. The summed E-state index contributed by atoms with van der Waals surface area (Å²) in [5.41, 5.74) is 1.84. The van der Waals surface area contributed by atoms with E-state index >= 15 is 0 Å². The van der Waals surface area contributed by atoms with E-state index < -0.39 is 0 Å². The van der Waals surface area contributed by atoms with Gasteiger partial charge in [-0.25, -0.2) is 4.98 Å². The molecular weight excluding hydrogens is 212 g/mol. The fraction of sp³-hybridized carbons (Fsp3) is 0.357. The molecule has 0 saturated carbocycles. The van der Waals surface area contributed by atoms with Crippen LogP contribution in [0.15, 0.2) is 30.3 Å².